The summed E-state index contributed by atoms with van der Waals surface area (Å²) in [4.78, 5) is 66.5. The summed E-state index contributed by atoms with van der Waals surface area (Å²) in [6.07, 6.45) is 1.74. The molecule has 0 bridgehead atoms. The molecule has 0 unspecified atom stereocenters. The Labute approximate surface area is 447 Å². The molecule has 0 spiro atoms. The zero-order valence-corrected chi connectivity index (χ0v) is 45.2. The number of aromatic nitrogens is 2. The summed E-state index contributed by atoms with van der Waals surface area (Å²) in [5.74, 6) is -1.36. The number of nitrogens with zero attached hydrogens (tertiary/aromatic N) is 4. The maximum absolute atomic E-state index is 13.7. The number of benzene rings is 4. The third-order valence-electron chi connectivity index (χ3n) is 12.2. The molecule has 0 saturated carbocycles. The second kappa shape index (κ2) is 25.9. The first-order valence-corrected chi connectivity index (χ1v) is 28.6. The average molecular weight is 1090 g/mol. The van der Waals surface area contributed by atoms with E-state index in [1.165, 1.54) is 35.0 Å². The number of carbonyl (C=O) groups excluding carboxylic acids is 4. The Morgan fingerprint density at radius 3 is 1.28 bits per heavy atom. The van der Waals surface area contributed by atoms with E-state index in [-0.39, 0.29) is 29.7 Å². The van der Waals surface area contributed by atoms with Crippen molar-refractivity contribution in [1.29, 1.82) is 0 Å². The molecule has 0 aliphatic rings. The summed E-state index contributed by atoms with van der Waals surface area (Å²) >= 11 is 6.28. The Kier molecular flexibility index (Phi) is 19.2. The molecule has 4 heterocycles. The second-order valence-corrected chi connectivity index (χ2v) is 22.7. The number of thiazole rings is 2. The van der Waals surface area contributed by atoms with Crippen LogP contribution in [0.5, 0.6) is 0 Å². The molecule has 0 radical (unpaired) electrons. The number of hydrogen-bond donors (Lipinski definition) is 4. The van der Waals surface area contributed by atoms with Crippen LogP contribution in [0.1, 0.15) is 65.1 Å². The molecule has 19 heteroatoms. The highest BCUT2D eigenvalue weighted by Gasteiger charge is 2.31. The van der Waals surface area contributed by atoms with E-state index in [1.54, 1.807) is 72.4 Å². The summed E-state index contributed by atoms with van der Waals surface area (Å²) in [7, 11) is -0.848. The van der Waals surface area contributed by atoms with Crippen molar-refractivity contribution in [2.75, 3.05) is 19.8 Å². The minimum absolute atomic E-state index is 0.162. The fraction of sp³-hybridized carbons (Fsp3) is 0.236. The van der Waals surface area contributed by atoms with Crippen molar-refractivity contribution in [2.24, 2.45) is 0 Å². The molecule has 4 atom stereocenters. The summed E-state index contributed by atoms with van der Waals surface area (Å²) in [6.45, 7) is 2.91. The molecule has 5 N–H and O–H groups in total. The molecule has 0 aliphatic carbocycles. The van der Waals surface area contributed by atoms with Crippen LogP contribution < -0.4 is 16.4 Å². The van der Waals surface area contributed by atoms with Crippen LogP contribution >= 0.6 is 45.3 Å². The van der Waals surface area contributed by atoms with Gasteiger partial charge in [-0.25, -0.2) is 9.97 Å². The van der Waals surface area contributed by atoms with Gasteiger partial charge in [0, 0.05) is 57.2 Å². The van der Waals surface area contributed by atoms with Gasteiger partial charge in [-0.3, -0.25) is 23.7 Å². The average Bonchev–Trinajstić information content (AvgIpc) is 4.25. The van der Waals surface area contributed by atoms with E-state index >= 15 is 0 Å². The second-order valence-electron chi connectivity index (χ2n) is 17.6. The summed E-state index contributed by atoms with van der Waals surface area (Å²) in [5, 5.41) is 16.0. The summed E-state index contributed by atoms with van der Waals surface area (Å²) in [6, 6.07) is 39.5. The van der Waals surface area contributed by atoms with E-state index in [0.29, 0.717) is 42.6 Å². The Bertz CT molecular complexity index is 3190. The number of thiophene rings is 2. The SMILES string of the molecule is CC(=O)N(C)[C@@H](Cc1ccccc1)C(=O)N[C@@H](Cc1ccc(CS(=O)(=O)O)cc1)c1csc(-c2cccs2)n1.CC(=O)N(C)[C@@H](Cc1ccccc1)C(=O)N[C@@H](Cc1ccc(N)cc1)c1csc(-c2cccs2)n1. The van der Waals surface area contributed by atoms with Crippen molar-refractivity contribution in [3.05, 3.63) is 194 Å². The highest BCUT2D eigenvalue weighted by Crippen LogP contribution is 2.33. The van der Waals surface area contributed by atoms with Gasteiger partial charge in [0.05, 0.1) is 33.2 Å². The third-order valence-corrected chi connectivity index (χ3v) is 16.7. The Balaban J connectivity index is 0.000000217. The number of nitrogens with two attached hydrogens (primary N) is 1. The van der Waals surface area contributed by atoms with E-state index in [9.17, 15) is 27.6 Å². The van der Waals surface area contributed by atoms with Crippen molar-refractivity contribution in [2.45, 2.75) is 69.5 Å². The molecule has 74 heavy (non-hydrogen) atoms. The highest BCUT2D eigenvalue weighted by atomic mass is 32.2. The molecule has 14 nitrogen and oxygen atoms in total. The molecular formula is C55H57N7O7S5. The minimum Gasteiger partial charge on any atom is -0.399 e. The molecule has 0 saturated heterocycles. The largest absolute Gasteiger partial charge is 0.399 e. The first-order valence-electron chi connectivity index (χ1n) is 23.5. The zero-order valence-electron chi connectivity index (χ0n) is 41.2. The monoisotopic (exact) mass is 1090 g/mol. The number of likely N-dealkylation sites (N-methyl/N-ethyl adjacent to an activating group) is 2. The van der Waals surface area contributed by atoms with Gasteiger partial charge in [-0.15, -0.1) is 45.3 Å². The van der Waals surface area contributed by atoms with E-state index in [1.807, 2.05) is 131 Å². The number of carbonyl (C=O) groups is 4. The molecule has 8 aromatic rings. The topological polar surface area (TPSA) is 205 Å². The highest BCUT2D eigenvalue weighted by molar-refractivity contribution is 7.85. The van der Waals surface area contributed by atoms with Crippen LogP contribution in [-0.4, -0.2) is 82.5 Å². The van der Waals surface area contributed by atoms with Gasteiger partial charge >= 0.3 is 0 Å². The van der Waals surface area contributed by atoms with Gasteiger partial charge in [0.25, 0.3) is 10.1 Å². The smallest absolute Gasteiger partial charge is 0.269 e. The molecule has 384 valence electrons. The molecule has 0 aliphatic heterocycles. The van der Waals surface area contributed by atoms with Gasteiger partial charge in [0.15, 0.2) is 0 Å². The van der Waals surface area contributed by atoms with E-state index in [0.717, 1.165) is 47.7 Å². The quantitative estimate of drug-likeness (QED) is 0.0420. The number of amides is 4. The van der Waals surface area contributed by atoms with E-state index in [4.69, 9.17) is 20.3 Å². The van der Waals surface area contributed by atoms with Crippen LogP contribution in [0.2, 0.25) is 0 Å². The van der Waals surface area contributed by atoms with Crippen molar-refractivity contribution >= 4 is 84.8 Å². The molecule has 4 amide bonds. The number of rotatable bonds is 20. The van der Waals surface area contributed by atoms with E-state index < -0.39 is 34.0 Å². The van der Waals surface area contributed by atoms with Gasteiger partial charge in [-0.05, 0) is 75.7 Å². The van der Waals surface area contributed by atoms with Crippen LogP contribution in [0.3, 0.4) is 0 Å². The molecule has 4 aromatic heterocycles. The normalized spacial score (nSPS) is 12.8. The predicted octanol–water partition coefficient (Wildman–Crippen LogP) is 9.69. The van der Waals surface area contributed by atoms with Crippen molar-refractivity contribution in [1.82, 2.24) is 30.4 Å². The summed E-state index contributed by atoms with van der Waals surface area (Å²) in [5.41, 5.74) is 12.3. The van der Waals surface area contributed by atoms with Gasteiger partial charge in [0.2, 0.25) is 23.6 Å². The lowest BCUT2D eigenvalue weighted by Gasteiger charge is -2.28. The number of nitrogens with one attached hydrogen (secondary N) is 2. The minimum atomic E-state index is -4.14. The predicted molar refractivity (Wildman–Crippen MR) is 297 cm³/mol. The maximum atomic E-state index is 13.7. The summed E-state index contributed by atoms with van der Waals surface area (Å²) < 4.78 is 31.6. The Hall–Kier alpha value is -6.87. The van der Waals surface area contributed by atoms with Gasteiger partial charge in [0.1, 0.15) is 27.9 Å². The zero-order chi connectivity index (χ0) is 52.8. The van der Waals surface area contributed by atoms with E-state index in [2.05, 4.69) is 10.6 Å². The van der Waals surface area contributed by atoms with Crippen molar-refractivity contribution in [3.63, 3.8) is 0 Å². The van der Waals surface area contributed by atoms with Gasteiger partial charge in [-0.2, -0.15) is 8.42 Å². The Morgan fingerprint density at radius 2 is 0.919 bits per heavy atom. The lowest BCUT2D eigenvalue weighted by molar-refractivity contribution is -0.137. The lowest BCUT2D eigenvalue weighted by Crippen LogP contribution is -2.49. The number of anilines is 1. The standard InChI is InChI=1S/C28H29N3O5S3.C27H28N4O2S2/c1-19(32)31(2)25(16-20-7-4-3-5-8-20)27(33)29-23(24-17-38-28(30-24)26-9-6-14-37-26)15-21-10-12-22(13-11-21)18-39(34,35)36;1-18(32)31(2)24(16-19-7-4-3-5-8-19)26(33)29-22(15-20-10-12-21(28)13-11-20)23-17-35-27(30-23)25-9-6-14-34-25/h3-14,17,23,25H,15-16,18H2,1-2H3,(H,29,33)(H,34,35,36);3-14,17,22,24H,15-16,28H2,1-2H3,(H,29,33)/t23-,25-;22-,24-/m00/s1. The van der Waals surface area contributed by atoms with Crippen LogP contribution in [0, 0.1) is 0 Å². The fourth-order valence-electron chi connectivity index (χ4n) is 7.95. The lowest BCUT2D eigenvalue weighted by atomic mass is 10.0. The van der Waals surface area contributed by atoms with Crippen LogP contribution in [0.4, 0.5) is 5.69 Å². The molecule has 8 rings (SSSR count). The molecule has 4 aromatic carbocycles. The molecular weight excluding hydrogens is 1030 g/mol. The van der Waals surface area contributed by atoms with Gasteiger partial charge in [-0.1, -0.05) is 109 Å². The number of hydrogen-bond acceptors (Lipinski definition) is 13. The van der Waals surface area contributed by atoms with Crippen LogP contribution in [0.15, 0.2) is 155 Å². The van der Waals surface area contributed by atoms with Crippen molar-refractivity contribution < 1.29 is 32.1 Å². The number of nitrogen functional groups attached to an aromatic ring is 1. The van der Waals surface area contributed by atoms with Crippen LogP contribution in [-0.2, 0) is 60.7 Å². The first kappa shape index (κ1) is 54.9. The first-order chi connectivity index (χ1) is 35.5. The Morgan fingerprint density at radius 1 is 0.541 bits per heavy atom. The fourth-order valence-corrected chi connectivity index (χ4v) is 11.9. The van der Waals surface area contributed by atoms with Crippen molar-refractivity contribution in [3.8, 4) is 19.8 Å². The maximum Gasteiger partial charge on any atom is 0.269 e. The van der Waals surface area contributed by atoms with Crippen LogP contribution in [0.25, 0.3) is 19.8 Å². The third kappa shape index (κ3) is 15.8. The molecule has 0 fully saturated rings. The van der Waals surface area contributed by atoms with Gasteiger partial charge < -0.3 is 26.2 Å².